The molecule has 0 aliphatic rings. The van der Waals surface area contributed by atoms with Crippen LogP contribution in [0.3, 0.4) is 0 Å². The third kappa shape index (κ3) is 26.2. The Morgan fingerprint density at radius 1 is 0.730 bits per heavy atom. The molecule has 0 unspecified atom stereocenters. The van der Waals surface area contributed by atoms with Crippen LogP contribution in [-0.4, -0.2) is 136 Å². The molecule has 0 aliphatic heterocycles. The highest BCUT2D eigenvalue weighted by molar-refractivity contribution is 5.96. The van der Waals surface area contributed by atoms with Crippen molar-refractivity contribution in [2.45, 2.75) is 123 Å². The first kappa shape index (κ1) is 56.7. The molecule has 0 saturated heterocycles. The van der Waals surface area contributed by atoms with E-state index in [1.54, 1.807) is 13.8 Å². The molecule has 11 N–H and O–H groups in total. The molecule has 1 aromatic carbocycles. The lowest BCUT2D eigenvalue weighted by Crippen LogP contribution is -2.50. The Bertz CT molecular complexity index is 1510. The number of hydrogen-bond donors (Lipinski definition) is 8. The van der Waals surface area contributed by atoms with Crippen molar-refractivity contribution in [3.8, 4) is 0 Å². The van der Waals surface area contributed by atoms with Crippen LogP contribution in [0.2, 0.25) is 0 Å². The summed E-state index contributed by atoms with van der Waals surface area (Å²) in [7, 11) is 0. The van der Waals surface area contributed by atoms with Gasteiger partial charge in [-0.25, -0.2) is 0 Å². The first-order chi connectivity index (χ1) is 30.1. The number of aliphatic hydroxyl groups excluding tert-OH is 1. The Balaban J connectivity index is 3.02. The van der Waals surface area contributed by atoms with Crippen LogP contribution < -0.4 is 38.5 Å². The highest BCUT2D eigenvalue weighted by atomic mass is 16.5. The molecule has 0 heterocycles. The van der Waals surface area contributed by atoms with Crippen LogP contribution in [0, 0.1) is 17.8 Å². The highest BCUT2D eigenvalue weighted by Crippen LogP contribution is 2.19. The molecule has 1 rings (SSSR count). The van der Waals surface area contributed by atoms with Crippen molar-refractivity contribution in [2.75, 3.05) is 65.9 Å². The van der Waals surface area contributed by atoms with E-state index in [1.165, 1.54) is 0 Å². The van der Waals surface area contributed by atoms with Crippen molar-refractivity contribution in [2.24, 2.45) is 39.9 Å². The first-order valence-electron chi connectivity index (χ1n) is 22.5. The zero-order chi connectivity index (χ0) is 47.0. The van der Waals surface area contributed by atoms with Gasteiger partial charge in [0.05, 0.1) is 63.7 Å². The zero-order valence-electron chi connectivity index (χ0n) is 38.4. The van der Waals surface area contributed by atoms with Gasteiger partial charge in [0.25, 0.3) is 0 Å². The summed E-state index contributed by atoms with van der Waals surface area (Å²) in [6.07, 6.45) is 2.36. The van der Waals surface area contributed by atoms with Gasteiger partial charge in [0.1, 0.15) is 6.61 Å². The maximum atomic E-state index is 14.0. The van der Waals surface area contributed by atoms with Crippen LogP contribution >= 0.6 is 0 Å². The molecule has 0 bridgehead atoms. The summed E-state index contributed by atoms with van der Waals surface area (Å²) in [5.74, 6) is -5.47. The Hall–Kier alpha value is -4.33. The smallest absolute Gasteiger partial charge is 0.246 e. The van der Waals surface area contributed by atoms with Crippen molar-refractivity contribution in [1.82, 2.24) is 21.3 Å². The number of guanidine groups is 1. The molecule has 18 heteroatoms. The number of amides is 3. The second-order valence-electron chi connectivity index (χ2n) is 16.4. The Morgan fingerprint density at radius 2 is 1.37 bits per heavy atom. The SMILES string of the molecule is CCCC(=O)[C@H](Cc1ccccc1)NC(=O)[C@H](CO)CC(=O)[C@@H](NC(=O)[C@H](CCCN=C(N)N)CC(=O)[C@H](CCCCN)NC(=O)COCCOCCOCCNC(C)C)C(C)C. The summed E-state index contributed by atoms with van der Waals surface area (Å²) in [4.78, 5) is 85.1. The van der Waals surface area contributed by atoms with Crippen molar-refractivity contribution in [3.63, 3.8) is 0 Å². The van der Waals surface area contributed by atoms with Crippen LogP contribution in [0.4, 0.5) is 0 Å². The Kier molecular flexibility index (Phi) is 30.7. The van der Waals surface area contributed by atoms with E-state index in [-0.39, 0.29) is 76.0 Å². The van der Waals surface area contributed by atoms with Gasteiger partial charge in [-0.1, -0.05) is 65.0 Å². The molecule has 63 heavy (non-hydrogen) atoms. The van der Waals surface area contributed by atoms with E-state index < -0.39 is 72.4 Å². The topological polar surface area (TPSA) is 289 Å². The van der Waals surface area contributed by atoms with E-state index in [9.17, 15) is 33.9 Å². The number of carbonyl (C=O) groups excluding carboxylic acids is 6. The van der Waals surface area contributed by atoms with Crippen LogP contribution in [0.25, 0.3) is 0 Å². The van der Waals surface area contributed by atoms with Crippen molar-refractivity contribution in [3.05, 3.63) is 35.9 Å². The van der Waals surface area contributed by atoms with Gasteiger partial charge in [-0.05, 0) is 63.0 Å². The maximum absolute atomic E-state index is 14.0. The molecule has 0 aliphatic carbocycles. The third-order valence-electron chi connectivity index (χ3n) is 10.1. The molecule has 1 aromatic rings. The molecular formula is C45H78N8O10. The van der Waals surface area contributed by atoms with Crippen molar-refractivity contribution in [1.29, 1.82) is 0 Å². The summed E-state index contributed by atoms with van der Waals surface area (Å²) in [6.45, 7) is 11.6. The molecule has 0 aromatic heterocycles. The number of rotatable bonds is 38. The van der Waals surface area contributed by atoms with Gasteiger partial charge in [-0.3, -0.25) is 33.8 Å². The zero-order valence-corrected chi connectivity index (χ0v) is 38.4. The minimum atomic E-state index is -1.18. The van der Waals surface area contributed by atoms with E-state index in [0.29, 0.717) is 58.1 Å². The minimum absolute atomic E-state index is 0.128. The number of aliphatic imine (C=N–C) groups is 1. The molecule has 5 atom stereocenters. The normalized spacial score (nSPS) is 13.7. The van der Waals surface area contributed by atoms with Crippen molar-refractivity contribution < 1.29 is 48.1 Å². The molecule has 0 radical (unpaired) electrons. The standard InChI is InChI=1S/C45H78N8O10/c1-6-13-38(55)37(26-33-14-8-7-9-15-33)52-44(60)35(29-54)28-40(57)42(31(2)3)53-43(59)34(16-12-19-50-45(47)48)27-39(56)36(17-10-11-18-46)51-41(58)30-63-25-24-62-23-22-61-21-20-49-32(4)5/h7-9,14-15,31-32,34-37,42,49,54H,6,10-13,16-30,46H2,1-5H3,(H,51,58)(H,52,60)(H,53,59)(H4,47,48,50)/t34-,35+,36+,37+,42+/m1/s1. The fourth-order valence-electron chi connectivity index (χ4n) is 6.63. The summed E-state index contributed by atoms with van der Waals surface area (Å²) < 4.78 is 16.5. The summed E-state index contributed by atoms with van der Waals surface area (Å²) in [5.41, 5.74) is 17.6. The van der Waals surface area contributed by atoms with Gasteiger partial charge in [0.15, 0.2) is 23.3 Å². The van der Waals surface area contributed by atoms with E-state index in [1.807, 2.05) is 37.3 Å². The van der Waals surface area contributed by atoms with Gasteiger partial charge in [-0.15, -0.1) is 0 Å². The number of hydrogen-bond acceptors (Lipinski definition) is 13. The summed E-state index contributed by atoms with van der Waals surface area (Å²) >= 11 is 0. The van der Waals surface area contributed by atoms with E-state index in [4.69, 9.17) is 31.4 Å². The van der Waals surface area contributed by atoms with Gasteiger partial charge >= 0.3 is 0 Å². The lowest BCUT2D eigenvalue weighted by Gasteiger charge is -2.27. The number of nitrogens with zero attached hydrogens (tertiary/aromatic N) is 1. The van der Waals surface area contributed by atoms with Gasteiger partial charge in [0.2, 0.25) is 17.7 Å². The average molecular weight is 891 g/mol. The molecular weight excluding hydrogens is 813 g/mol. The second kappa shape index (κ2) is 34.1. The van der Waals surface area contributed by atoms with Crippen molar-refractivity contribution >= 4 is 41.0 Å². The van der Waals surface area contributed by atoms with Crippen LogP contribution in [0.5, 0.6) is 0 Å². The molecule has 0 saturated carbocycles. The van der Waals surface area contributed by atoms with Gasteiger partial charge in [-0.2, -0.15) is 0 Å². The monoisotopic (exact) mass is 891 g/mol. The van der Waals surface area contributed by atoms with E-state index in [2.05, 4.69) is 40.1 Å². The predicted molar refractivity (Wildman–Crippen MR) is 242 cm³/mol. The first-order valence-corrected chi connectivity index (χ1v) is 22.5. The number of aliphatic hydroxyl groups is 1. The summed E-state index contributed by atoms with van der Waals surface area (Å²) in [5, 5.41) is 21.8. The maximum Gasteiger partial charge on any atom is 0.246 e. The number of carbonyl (C=O) groups is 6. The highest BCUT2D eigenvalue weighted by Gasteiger charge is 2.34. The van der Waals surface area contributed by atoms with E-state index >= 15 is 0 Å². The number of benzene rings is 1. The number of Topliss-reactive ketones (excluding diaryl/α,β-unsaturated/α-hetero) is 3. The predicted octanol–water partition coefficient (Wildman–Crippen LogP) is 1.08. The summed E-state index contributed by atoms with van der Waals surface area (Å²) in [6, 6.07) is 6.75. The largest absolute Gasteiger partial charge is 0.396 e. The Labute approximate surface area is 374 Å². The quantitative estimate of drug-likeness (QED) is 0.0262. The van der Waals surface area contributed by atoms with Crippen LogP contribution in [0.1, 0.15) is 98.0 Å². The lowest BCUT2D eigenvalue weighted by atomic mass is 9.89. The molecule has 3 amide bonds. The third-order valence-corrected chi connectivity index (χ3v) is 10.1. The van der Waals surface area contributed by atoms with E-state index in [0.717, 1.165) is 12.1 Å². The number of nitrogens with one attached hydrogen (secondary N) is 4. The lowest BCUT2D eigenvalue weighted by molar-refractivity contribution is -0.136. The average Bonchev–Trinajstić information content (AvgIpc) is 3.24. The van der Waals surface area contributed by atoms with Gasteiger partial charge < -0.3 is 57.8 Å². The minimum Gasteiger partial charge on any atom is -0.396 e. The fourth-order valence-corrected chi connectivity index (χ4v) is 6.63. The van der Waals surface area contributed by atoms with Gasteiger partial charge in [0, 0.05) is 44.3 Å². The number of ether oxygens (including phenoxy) is 3. The number of ketones is 3. The molecule has 18 nitrogen and oxygen atoms in total. The van der Waals surface area contributed by atoms with Crippen LogP contribution in [0.15, 0.2) is 35.3 Å². The molecule has 0 spiro atoms. The number of nitrogens with two attached hydrogens (primary N) is 3. The van der Waals surface area contributed by atoms with Crippen LogP contribution in [-0.2, 0) is 49.4 Å². The second-order valence-corrected chi connectivity index (χ2v) is 16.4. The number of unbranched alkanes of at least 4 members (excludes halogenated alkanes) is 1. The molecule has 358 valence electrons. The fraction of sp³-hybridized carbons (Fsp3) is 0.711. The molecule has 0 fully saturated rings. The Morgan fingerprint density at radius 3 is 1.97 bits per heavy atom.